The molecule has 112 valence electrons. The molecule has 2 aromatic rings. The number of thiazole rings is 1. The molecule has 1 unspecified atom stereocenters. The molecule has 4 nitrogen and oxygen atoms in total. The van der Waals surface area contributed by atoms with Crippen molar-refractivity contribution in [2.24, 2.45) is 5.73 Å². The van der Waals surface area contributed by atoms with Gasteiger partial charge in [0.05, 0.1) is 5.69 Å². The van der Waals surface area contributed by atoms with Crippen LogP contribution < -0.4 is 11.1 Å². The van der Waals surface area contributed by atoms with Crippen molar-refractivity contribution in [3.8, 4) is 11.3 Å². The standard InChI is InChI=1S/C16H21N3OS/c1-10-4-6-13(11(2)8-10)14-9-21-16(18-14)19-15(20)7-5-12(3)17/h4,6,8-9,12H,5,7,17H2,1-3H3,(H,18,19,20). The van der Waals surface area contributed by atoms with Crippen LogP contribution in [0.15, 0.2) is 23.6 Å². The fourth-order valence-corrected chi connectivity index (χ4v) is 2.82. The summed E-state index contributed by atoms with van der Waals surface area (Å²) in [5.74, 6) is -0.0335. The summed E-state index contributed by atoms with van der Waals surface area (Å²) in [6.07, 6.45) is 1.11. The number of rotatable bonds is 5. The van der Waals surface area contributed by atoms with Crippen LogP contribution in [0.25, 0.3) is 11.3 Å². The zero-order chi connectivity index (χ0) is 15.4. The van der Waals surface area contributed by atoms with Gasteiger partial charge in [-0.25, -0.2) is 4.98 Å². The van der Waals surface area contributed by atoms with E-state index in [4.69, 9.17) is 5.73 Å². The second kappa shape index (κ2) is 6.83. The summed E-state index contributed by atoms with van der Waals surface area (Å²) in [6.45, 7) is 6.04. The predicted octanol–water partition coefficient (Wildman–Crippen LogP) is 3.49. The molecule has 0 bridgehead atoms. The van der Waals surface area contributed by atoms with Gasteiger partial charge in [-0.1, -0.05) is 23.8 Å². The molecule has 5 heteroatoms. The summed E-state index contributed by atoms with van der Waals surface area (Å²) < 4.78 is 0. The lowest BCUT2D eigenvalue weighted by molar-refractivity contribution is -0.116. The molecule has 0 radical (unpaired) electrons. The highest BCUT2D eigenvalue weighted by molar-refractivity contribution is 7.14. The van der Waals surface area contributed by atoms with Crippen LogP contribution in [0.5, 0.6) is 0 Å². The van der Waals surface area contributed by atoms with Gasteiger partial charge in [0, 0.05) is 23.4 Å². The second-order valence-corrected chi connectivity index (χ2v) is 6.28. The Labute approximate surface area is 129 Å². The fraction of sp³-hybridized carbons (Fsp3) is 0.375. The smallest absolute Gasteiger partial charge is 0.226 e. The van der Waals surface area contributed by atoms with E-state index in [-0.39, 0.29) is 11.9 Å². The number of anilines is 1. The molecule has 0 spiro atoms. The third-order valence-corrected chi connectivity index (χ3v) is 3.99. The third-order valence-electron chi connectivity index (χ3n) is 3.24. The number of nitrogens with two attached hydrogens (primary N) is 1. The minimum absolute atomic E-state index is 0.0335. The van der Waals surface area contributed by atoms with Gasteiger partial charge in [0.15, 0.2) is 5.13 Å². The molecule has 0 aliphatic carbocycles. The highest BCUT2D eigenvalue weighted by Gasteiger charge is 2.10. The van der Waals surface area contributed by atoms with Crippen molar-refractivity contribution in [1.82, 2.24) is 4.98 Å². The van der Waals surface area contributed by atoms with Gasteiger partial charge in [0.25, 0.3) is 0 Å². The molecule has 0 fully saturated rings. The van der Waals surface area contributed by atoms with E-state index in [9.17, 15) is 4.79 Å². The summed E-state index contributed by atoms with van der Waals surface area (Å²) in [6, 6.07) is 6.32. The number of carbonyl (C=O) groups excluding carboxylic acids is 1. The molecule has 1 amide bonds. The molecule has 3 N–H and O–H groups in total. The first-order valence-electron chi connectivity index (χ1n) is 7.04. The highest BCUT2D eigenvalue weighted by Crippen LogP contribution is 2.28. The number of hydrogen-bond donors (Lipinski definition) is 2. The van der Waals surface area contributed by atoms with Crippen LogP contribution in [0.3, 0.4) is 0 Å². The third kappa shape index (κ3) is 4.37. The number of benzene rings is 1. The van der Waals surface area contributed by atoms with Crippen molar-refractivity contribution in [3.63, 3.8) is 0 Å². The molecule has 0 aliphatic heterocycles. The molecule has 1 aromatic heterocycles. The van der Waals surface area contributed by atoms with Gasteiger partial charge in [0.2, 0.25) is 5.91 Å². The maximum Gasteiger partial charge on any atom is 0.226 e. The summed E-state index contributed by atoms with van der Waals surface area (Å²) in [5.41, 5.74) is 10.1. The summed E-state index contributed by atoms with van der Waals surface area (Å²) in [7, 11) is 0. The molecule has 1 aromatic carbocycles. The Hall–Kier alpha value is -1.72. The van der Waals surface area contributed by atoms with Crippen molar-refractivity contribution < 1.29 is 4.79 Å². The lowest BCUT2D eigenvalue weighted by Gasteiger charge is -2.05. The Kier molecular flexibility index (Phi) is 5.09. The van der Waals surface area contributed by atoms with Crippen LogP contribution in [0, 0.1) is 13.8 Å². The van der Waals surface area contributed by atoms with Crippen molar-refractivity contribution in [2.75, 3.05) is 5.32 Å². The van der Waals surface area contributed by atoms with Gasteiger partial charge in [-0.2, -0.15) is 0 Å². The van der Waals surface area contributed by atoms with Crippen LogP contribution >= 0.6 is 11.3 Å². The van der Waals surface area contributed by atoms with Crippen LogP contribution in [0.2, 0.25) is 0 Å². The Morgan fingerprint density at radius 2 is 2.19 bits per heavy atom. The Morgan fingerprint density at radius 3 is 2.86 bits per heavy atom. The maximum atomic E-state index is 11.8. The Balaban J connectivity index is 2.06. The normalized spacial score (nSPS) is 12.2. The van der Waals surface area contributed by atoms with E-state index in [0.29, 0.717) is 18.0 Å². The molecule has 1 heterocycles. The van der Waals surface area contributed by atoms with E-state index in [0.717, 1.165) is 11.3 Å². The first-order chi connectivity index (χ1) is 9.95. The summed E-state index contributed by atoms with van der Waals surface area (Å²) in [5, 5.41) is 5.44. The van der Waals surface area contributed by atoms with Gasteiger partial charge < -0.3 is 11.1 Å². The lowest BCUT2D eigenvalue weighted by atomic mass is 10.0. The summed E-state index contributed by atoms with van der Waals surface area (Å²) >= 11 is 1.45. The van der Waals surface area contributed by atoms with Crippen molar-refractivity contribution in [3.05, 3.63) is 34.7 Å². The zero-order valence-electron chi connectivity index (χ0n) is 12.6. The van der Waals surface area contributed by atoms with Crippen LogP contribution in [0.4, 0.5) is 5.13 Å². The van der Waals surface area contributed by atoms with E-state index in [2.05, 4.69) is 42.3 Å². The number of amides is 1. The first kappa shape index (κ1) is 15.7. The zero-order valence-corrected chi connectivity index (χ0v) is 13.5. The van der Waals surface area contributed by atoms with Gasteiger partial charge >= 0.3 is 0 Å². The number of nitrogens with one attached hydrogen (secondary N) is 1. The molecular formula is C16H21N3OS. The number of nitrogens with zero attached hydrogens (tertiary/aromatic N) is 1. The van der Waals surface area contributed by atoms with Crippen molar-refractivity contribution >= 4 is 22.4 Å². The number of carbonyl (C=O) groups is 1. The molecule has 1 atom stereocenters. The number of hydrogen-bond acceptors (Lipinski definition) is 4. The highest BCUT2D eigenvalue weighted by atomic mass is 32.1. The van der Waals surface area contributed by atoms with E-state index >= 15 is 0 Å². The topological polar surface area (TPSA) is 68.0 Å². The Bertz CT molecular complexity index is 634. The van der Waals surface area contributed by atoms with Crippen LogP contribution in [0.1, 0.15) is 30.9 Å². The quantitative estimate of drug-likeness (QED) is 0.888. The predicted molar refractivity (Wildman–Crippen MR) is 88.5 cm³/mol. The SMILES string of the molecule is Cc1ccc(-c2csc(NC(=O)CCC(C)N)n2)c(C)c1. The maximum absolute atomic E-state index is 11.8. The molecule has 0 aliphatic rings. The minimum atomic E-state index is -0.0335. The molecule has 0 saturated heterocycles. The van der Waals surface area contributed by atoms with Crippen molar-refractivity contribution in [1.29, 1.82) is 0 Å². The molecule has 21 heavy (non-hydrogen) atoms. The van der Waals surface area contributed by atoms with E-state index < -0.39 is 0 Å². The first-order valence-corrected chi connectivity index (χ1v) is 7.92. The number of aromatic nitrogens is 1. The molecular weight excluding hydrogens is 282 g/mol. The largest absolute Gasteiger partial charge is 0.328 e. The van der Waals surface area contributed by atoms with Crippen LogP contribution in [-0.4, -0.2) is 16.9 Å². The van der Waals surface area contributed by atoms with Gasteiger partial charge in [0.1, 0.15) is 0 Å². The van der Waals surface area contributed by atoms with Crippen LogP contribution in [-0.2, 0) is 4.79 Å². The van der Waals surface area contributed by atoms with E-state index in [1.165, 1.54) is 22.5 Å². The average molecular weight is 303 g/mol. The molecule has 2 rings (SSSR count). The van der Waals surface area contributed by atoms with E-state index in [1.807, 2.05) is 12.3 Å². The van der Waals surface area contributed by atoms with Gasteiger partial charge in [-0.3, -0.25) is 4.79 Å². The Morgan fingerprint density at radius 1 is 1.43 bits per heavy atom. The van der Waals surface area contributed by atoms with Gasteiger partial charge in [-0.05, 0) is 32.8 Å². The van der Waals surface area contributed by atoms with E-state index in [1.54, 1.807) is 0 Å². The van der Waals surface area contributed by atoms with Gasteiger partial charge in [-0.15, -0.1) is 11.3 Å². The lowest BCUT2D eigenvalue weighted by Crippen LogP contribution is -2.19. The van der Waals surface area contributed by atoms with Crippen molar-refractivity contribution in [2.45, 2.75) is 39.7 Å². The minimum Gasteiger partial charge on any atom is -0.328 e. The monoisotopic (exact) mass is 303 g/mol. The number of aryl methyl sites for hydroxylation is 2. The second-order valence-electron chi connectivity index (χ2n) is 5.42. The fourth-order valence-electron chi connectivity index (χ4n) is 2.10. The molecule has 0 saturated carbocycles. The summed E-state index contributed by atoms with van der Waals surface area (Å²) in [4.78, 5) is 16.3. The average Bonchev–Trinajstić information content (AvgIpc) is 2.84.